The van der Waals surface area contributed by atoms with Gasteiger partial charge in [0.2, 0.25) is 0 Å². The molecule has 1 aromatic carbocycles. The monoisotopic (exact) mass is 189 g/mol. The van der Waals surface area contributed by atoms with Crippen LogP contribution in [0.2, 0.25) is 0 Å². The molecule has 0 aliphatic carbocycles. The number of aryl methyl sites for hydroxylation is 1. The number of hydrogen-bond donors (Lipinski definition) is 0. The second kappa shape index (κ2) is 5.58. The van der Waals surface area contributed by atoms with E-state index >= 15 is 0 Å². The molecule has 0 spiro atoms. The minimum absolute atomic E-state index is 0.483. The van der Waals surface area contributed by atoms with Gasteiger partial charge in [0, 0.05) is 12.3 Å². The van der Waals surface area contributed by atoms with Crippen LogP contribution in [0.4, 0.5) is 0 Å². The zero-order chi connectivity index (χ0) is 10.4. The predicted molar refractivity (Wildman–Crippen MR) is 63.1 cm³/mol. The first-order valence-electron chi connectivity index (χ1n) is 5.36. The summed E-state index contributed by atoms with van der Waals surface area (Å²) < 4.78 is 0. The number of benzene rings is 1. The first kappa shape index (κ1) is 11.0. The maximum absolute atomic E-state index is 4.54. The van der Waals surface area contributed by atoms with Crippen molar-refractivity contribution in [2.45, 2.75) is 39.7 Å². The molecule has 1 rings (SSSR count). The van der Waals surface area contributed by atoms with Crippen LogP contribution in [0.3, 0.4) is 0 Å². The Bertz CT molecular complexity index is 281. The van der Waals surface area contributed by atoms with Crippen molar-refractivity contribution < 1.29 is 0 Å². The third-order valence-electron chi connectivity index (χ3n) is 2.45. The summed E-state index contributed by atoms with van der Waals surface area (Å²) in [5.74, 6) is 0. The lowest BCUT2D eigenvalue weighted by Gasteiger charge is -2.04. The van der Waals surface area contributed by atoms with Gasteiger partial charge in [-0.15, -0.1) is 0 Å². The number of aliphatic imine (C=N–C) groups is 1. The molecule has 0 radical (unpaired) electrons. The Kier molecular flexibility index (Phi) is 4.37. The summed E-state index contributed by atoms with van der Waals surface area (Å²) in [6, 6.07) is 8.95. The highest BCUT2D eigenvalue weighted by molar-refractivity contribution is 5.79. The summed E-state index contributed by atoms with van der Waals surface area (Å²) in [6.07, 6.45) is 4.23. The molecule has 0 aliphatic heterocycles. The molecule has 0 atom stereocenters. The second-order valence-electron chi connectivity index (χ2n) is 3.66. The molecule has 0 amide bonds. The van der Waals surface area contributed by atoms with E-state index in [1.165, 1.54) is 11.1 Å². The fourth-order valence-electron chi connectivity index (χ4n) is 1.34. The molecule has 76 valence electrons. The van der Waals surface area contributed by atoms with Crippen LogP contribution in [0.15, 0.2) is 29.3 Å². The quantitative estimate of drug-likeness (QED) is 0.642. The van der Waals surface area contributed by atoms with Crippen LogP contribution < -0.4 is 0 Å². The van der Waals surface area contributed by atoms with Crippen LogP contribution in [-0.2, 0) is 0 Å². The van der Waals surface area contributed by atoms with Crippen LogP contribution in [0.25, 0.3) is 0 Å². The number of hydrogen-bond acceptors (Lipinski definition) is 1. The minimum atomic E-state index is 0.483. The fourth-order valence-corrected chi connectivity index (χ4v) is 1.34. The van der Waals surface area contributed by atoms with Crippen LogP contribution in [0, 0.1) is 6.92 Å². The molecule has 1 heteroatoms. The largest absolute Gasteiger partial charge is 0.289 e. The Morgan fingerprint density at radius 2 is 1.71 bits per heavy atom. The maximum Gasteiger partial charge on any atom is 0.0494 e. The van der Waals surface area contributed by atoms with Gasteiger partial charge in [-0.1, -0.05) is 43.7 Å². The van der Waals surface area contributed by atoms with Crippen molar-refractivity contribution in [3.8, 4) is 0 Å². The van der Waals surface area contributed by atoms with Gasteiger partial charge in [-0.3, -0.25) is 4.99 Å². The lowest BCUT2D eigenvalue weighted by atomic mass is 10.1. The Morgan fingerprint density at radius 3 is 2.21 bits per heavy atom. The van der Waals surface area contributed by atoms with Crippen LogP contribution >= 0.6 is 0 Å². The highest BCUT2D eigenvalue weighted by Crippen LogP contribution is 2.04. The fraction of sp³-hybridized carbons (Fsp3) is 0.462. The van der Waals surface area contributed by atoms with E-state index in [4.69, 9.17) is 0 Å². The molecule has 0 fully saturated rings. The van der Waals surface area contributed by atoms with Gasteiger partial charge < -0.3 is 0 Å². The van der Waals surface area contributed by atoms with E-state index in [-0.39, 0.29) is 0 Å². The van der Waals surface area contributed by atoms with Crippen molar-refractivity contribution in [2.75, 3.05) is 0 Å². The van der Waals surface area contributed by atoms with E-state index in [2.05, 4.69) is 50.0 Å². The normalized spacial score (nSPS) is 11.4. The SMILES string of the molecule is CCC(CC)N=Cc1ccc(C)cc1. The average Bonchev–Trinajstić information content (AvgIpc) is 2.22. The molecule has 1 nitrogen and oxygen atoms in total. The van der Waals surface area contributed by atoms with E-state index in [1.807, 2.05) is 6.21 Å². The number of nitrogens with zero attached hydrogens (tertiary/aromatic N) is 1. The van der Waals surface area contributed by atoms with Crippen molar-refractivity contribution in [3.05, 3.63) is 35.4 Å². The van der Waals surface area contributed by atoms with Crippen molar-refractivity contribution in [2.24, 2.45) is 4.99 Å². The van der Waals surface area contributed by atoms with Crippen molar-refractivity contribution in [1.29, 1.82) is 0 Å². The third-order valence-corrected chi connectivity index (χ3v) is 2.45. The van der Waals surface area contributed by atoms with E-state index in [9.17, 15) is 0 Å². The molecular weight excluding hydrogens is 170 g/mol. The smallest absolute Gasteiger partial charge is 0.0494 e. The Hall–Kier alpha value is -1.11. The van der Waals surface area contributed by atoms with Crippen molar-refractivity contribution in [1.82, 2.24) is 0 Å². The highest BCUT2D eigenvalue weighted by atomic mass is 14.8. The lowest BCUT2D eigenvalue weighted by Crippen LogP contribution is -2.00. The van der Waals surface area contributed by atoms with E-state index < -0.39 is 0 Å². The second-order valence-corrected chi connectivity index (χ2v) is 3.66. The summed E-state index contributed by atoms with van der Waals surface area (Å²) in [5.41, 5.74) is 2.49. The standard InChI is InChI=1S/C13H19N/c1-4-13(5-2)14-10-12-8-6-11(3)7-9-12/h6-10,13H,4-5H2,1-3H3. The van der Waals surface area contributed by atoms with Gasteiger partial charge >= 0.3 is 0 Å². The number of rotatable bonds is 4. The zero-order valence-corrected chi connectivity index (χ0v) is 9.33. The predicted octanol–water partition coefficient (Wildman–Crippen LogP) is 3.60. The Labute approximate surface area is 86.9 Å². The highest BCUT2D eigenvalue weighted by Gasteiger charge is 1.97. The minimum Gasteiger partial charge on any atom is -0.289 e. The van der Waals surface area contributed by atoms with Crippen molar-refractivity contribution >= 4 is 6.21 Å². The summed E-state index contributed by atoms with van der Waals surface area (Å²) in [5, 5.41) is 0. The molecule has 0 aromatic heterocycles. The van der Waals surface area contributed by atoms with Crippen LogP contribution in [-0.4, -0.2) is 12.3 Å². The van der Waals surface area contributed by atoms with Gasteiger partial charge in [0.15, 0.2) is 0 Å². The van der Waals surface area contributed by atoms with Gasteiger partial charge in [-0.25, -0.2) is 0 Å². The van der Waals surface area contributed by atoms with Crippen LogP contribution in [0.5, 0.6) is 0 Å². The molecule has 0 heterocycles. The van der Waals surface area contributed by atoms with Crippen molar-refractivity contribution in [3.63, 3.8) is 0 Å². The molecule has 0 bridgehead atoms. The first-order valence-corrected chi connectivity index (χ1v) is 5.36. The molecule has 0 saturated heterocycles. The summed E-state index contributed by atoms with van der Waals surface area (Å²) in [6.45, 7) is 6.46. The van der Waals surface area contributed by atoms with Gasteiger partial charge in [0.25, 0.3) is 0 Å². The zero-order valence-electron chi connectivity index (χ0n) is 9.33. The maximum atomic E-state index is 4.54. The van der Waals surface area contributed by atoms with Gasteiger partial charge in [-0.05, 0) is 25.3 Å². The topological polar surface area (TPSA) is 12.4 Å². The van der Waals surface area contributed by atoms with E-state index in [1.54, 1.807) is 0 Å². The summed E-state index contributed by atoms with van der Waals surface area (Å²) in [7, 11) is 0. The molecule has 14 heavy (non-hydrogen) atoms. The average molecular weight is 189 g/mol. The molecule has 0 aliphatic rings. The van der Waals surface area contributed by atoms with Crippen LogP contribution in [0.1, 0.15) is 37.8 Å². The van der Waals surface area contributed by atoms with Gasteiger partial charge in [0.1, 0.15) is 0 Å². The third kappa shape index (κ3) is 3.33. The molecular formula is C13H19N. The Morgan fingerprint density at radius 1 is 1.14 bits per heavy atom. The summed E-state index contributed by atoms with van der Waals surface area (Å²) >= 11 is 0. The first-order chi connectivity index (χ1) is 6.76. The van der Waals surface area contributed by atoms with E-state index in [0.717, 1.165) is 12.8 Å². The van der Waals surface area contributed by atoms with Gasteiger partial charge in [0.05, 0.1) is 0 Å². The summed E-state index contributed by atoms with van der Waals surface area (Å²) in [4.78, 5) is 4.54. The Balaban J connectivity index is 2.63. The van der Waals surface area contributed by atoms with E-state index in [0.29, 0.717) is 6.04 Å². The molecule has 1 aromatic rings. The van der Waals surface area contributed by atoms with Gasteiger partial charge in [-0.2, -0.15) is 0 Å². The molecule has 0 unspecified atom stereocenters. The molecule has 0 saturated carbocycles. The lowest BCUT2D eigenvalue weighted by molar-refractivity contribution is 0.634. The molecule has 0 N–H and O–H groups in total.